The molecule has 8 atom stereocenters. The van der Waals surface area contributed by atoms with Gasteiger partial charge in [0.1, 0.15) is 17.9 Å². The zero-order valence-electron chi connectivity index (χ0n) is 23.3. The van der Waals surface area contributed by atoms with Crippen LogP contribution in [0.2, 0.25) is 0 Å². The van der Waals surface area contributed by atoms with Gasteiger partial charge in [0.15, 0.2) is 0 Å². The summed E-state index contributed by atoms with van der Waals surface area (Å²) in [6.07, 6.45) is 8.82. The van der Waals surface area contributed by atoms with Crippen LogP contribution in [0.25, 0.3) is 0 Å². The molecular formula is C32H43NO6. The number of carbonyl (C=O) groups is 4. The van der Waals surface area contributed by atoms with E-state index in [1.165, 1.54) is 6.42 Å². The van der Waals surface area contributed by atoms with Crippen LogP contribution in [0.15, 0.2) is 30.3 Å². The number of carbonyl (C=O) groups excluding carboxylic acids is 3. The van der Waals surface area contributed by atoms with Gasteiger partial charge in [-0.3, -0.25) is 14.4 Å². The van der Waals surface area contributed by atoms with Crippen LogP contribution in [0, 0.1) is 34.5 Å². The molecule has 7 nitrogen and oxygen atoms in total. The topological polar surface area (TPSA) is 110 Å². The van der Waals surface area contributed by atoms with Crippen molar-refractivity contribution in [1.82, 2.24) is 5.32 Å². The van der Waals surface area contributed by atoms with Crippen LogP contribution in [0.1, 0.15) is 90.0 Å². The van der Waals surface area contributed by atoms with E-state index in [4.69, 9.17) is 4.74 Å². The van der Waals surface area contributed by atoms with Gasteiger partial charge in [0, 0.05) is 31.1 Å². The number of benzene rings is 1. The molecule has 1 amide bonds. The van der Waals surface area contributed by atoms with E-state index in [-0.39, 0.29) is 42.2 Å². The predicted molar refractivity (Wildman–Crippen MR) is 146 cm³/mol. The van der Waals surface area contributed by atoms with E-state index >= 15 is 0 Å². The molecule has 0 radical (unpaired) electrons. The number of ether oxygens (including phenoxy) is 1. The summed E-state index contributed by atoms with van der Waals surface area (Å²) in [6.45, 7) is 4.74. The van der Waals surface area contributed by atoms with Gasteiger partial charge in [-0.2, -0.15) is 0 Å². The minimum absolute atomic E-state index is 0.0448. The van der Waals surface area contributed by atoms with Crippen LogP contribution in [-0.2, 0) is 30.3 Å². The number of rotatable bonds is 8. The van der Waals surface area contributed by atoms with Gasteiger partial charge in [0.2, 0.25) is 5.91 Å². The summed E-state index contributed by atoms with van der Waals surface area (Å²) in [5.41, 5.74) is 1.04. The van der Waals surface area contributed by atoms with Gasteiger partial charge in [-0.25, -0.2) is 4.79 Å². The second-order valence-electron chi connectivity index (χ2n) is 13.1. The highest BCUT2D eigenvalue weighted by Gasteiger charge is 2.61. The molecule has 0 bridgehead atoms. The third-order valence-corrected chi connectivity index (χ3v) is 11.1. The Kier molecular flexibility index (Phi) is 7.89. The lowest BCUT2D eigenvalue weighted by Gasteiger charge is -2.60. The molecule has 4 aliphatic carbocycles. The molecule has 4 saturated carbocycles. The lowest BCUT2D eigenvalue weighted by molar-refractivity contribution is -0.164. The Morgan fingerprint density at radius 2 is 1.72 bits per heavy atom. The van der Waals surface area contributed by atoms with Crippen molar-refractivity contribution in [1.29, 1.82) is 0 Å². The number of aliphatic carboxylic acids is 1. The molecule has 2 N–H and O–H groups in total. The standard InChI is InChI=1S/C32H43NO6/c1-31-16-14-22(34)19-21(31)8-9-23-24-10-11-27(32(24,2)17-15-25(23)31)39-29(36)13-12-28(35)33-26(30(37)38)18-20-6-4-3-5-7-20/h3-7,21,23-27H,8-19H2,1-2H3,(H,33,35)(H,37,38)/t21-,23-,24-,25+,26+,27+,31+,32-/m1/s1. The molecule has 1 aromatic rings. The fraction of sp³-hybridized carbons (Fsp3) is 0.688. The van der Waals surface area contributed by atoms with Crippen molar-refractivity contribution < 1.29 is 29.0 Å². The molecule has 0 unspecified atom stereocenters. The van der Waals surface area contributed by atoms with Crippen molar-refractivity contribution in [3.63, 3.8) is 0 Å². The summed E-state index contributed by atoms with van der Waals surface area (Å²) < 4.78 is 6.03. The lowest BCUT2D eigenvalue weighted by Crippen LogP contribution is -2.54. The monoisotopic (exact) mass is 537 g/mol. The Morgan fingerprint density at radius 3 is 2.46 bits per heavy atom. The van der Waals surface area contributed by atoms with E-state index in [1.807, 2.05) is 30.3 Å². The average molecular weight is 538 g/mol. The molecule has 0 aliphatic heterocycles. The molecule has 212 valence electrons. The SMILES string of the molecule is C[C@@]12CC[C@H]3[C@H](CC[C@@H]4CC(=O)CC[C@@]43C)[C@H]1CC[C@@H]2OC(=O)CCC(=O)N[C@@H](Cc1ccccc1)C(=O)O. The van der Waals surface area contributed by atoms with E-state index in [9.17, 15) is 24.3 Å². The smallest absolute Gasteiger partial charge is 0.326 e. The van der Waals surface area contributed by atoms with E-state index in [0.29, 0.717) is 29.5 Å². The number of carboxylic acids is 1. The van der Waals surface area contributed by atoms with Crippen LogP contribution < -0.4 is 5.32 Å². The molecular weight excluding hydrogens is 494 g/mol. The number of amides is 1. The number of fused-ring (bicyclic) bond motifs is 5. The fourth-order valence-corrected chi connectivity index (χ4v) is 8.94. The maximum absolute atomic E-state index is 12.8. The number of esters is 1. The number of nitrogens with one attached hydrogen (secondary N) is 1. The number of Topliss-reactive ketones (excluding diaryl/α,β-unsaturated/α-hetero) is 1. The van der Waals surface area contributed by atoms with Gasteiger partial charge in [0.05, 0.1) is 6.42 Å². The fourth-order valence-electron chi connectivity index (χ4n) is 8.94. The van der Waals surface area contributed by atoms with Gasteiger partial charge in [-0.05, 0) is 79.6 Å². The molecule has 39 heavy (non-hydrogen) atoms. The highest BCUT2D eigenvalue weighted by molar-refractivity contribution is 5.86. The quantitative estimate of drug-likeness (QED) is 0.447. The molecule has 5 rings (SSSR count). The average Bonchev–Trinajstić information content (AvgIpc) is 3.24. The Balaban J connectivity index is 1.14. The van der Waals surface area contributed by atoms with Gasteiger partial charge in [-0.1, -0.05) is 44.2 Å². The van der Waals surface area contributed by atoms with E-state index in [1.54, 1.807) is 0 Å². The highest BCUT2D eigenvalue weighted by Crippen LogP contribution is 2.66. The van der Waals surface area contributed by atoms with Gasteiger partial charge < -0.3 is 15.2 Å². The molecule has 0 heterocycles. The van der Waals surface area contributed by atoms with Gasteiger partial charge >= 0.3 is 11.9 Å². The predicted octanol–water partition coefficient (Wildman–Crippen LogP) is 5.10. The van der Waals surface area contributed by atoms with Crippen molar-refractivity contribution in [3.05, 3.63) is 35.9 Å². The van der Waals surface area contributed by atoms with Crippen LogP contribution in [0.5, 0.6) is 0 Å². The van der Waals surface area contributed by atoms with Gasteiger partial charge in [-0.15, -0.1) is 0 Å². The molecule has 4 aliphatic rings. The molecule has 0 saturated heterocycles. The summed E-state index contributed by atoms with van der Waals surface area (Å²) in [5.74, 6) is 0.841. The van der Waals surface area contributed by atoms with Crippen LogP contribution in [0.4, 0.5) is 0 Å². The minimum atomic E-state index is -1.10. The van der Waals surface area contributed by atoms with Gasteiger partial charge in [0.25, 0.3) is 0 Å². The number of carboxylic acid groups (broad SMARTS) is 1. The molecule has 1 aromatic carbocycles. The third kappa shape index (κ3) is 5.51. The Bertz CT molecular complexity index is 1100. The minimum Gasteiger partial charge on any atom is -0.480 e. The number of hydrogen-bond donors (Lipinski definition) is 2. The molecule has 0 aromatic heterocycles. The summed E-state index contributed by atoms with van der Waals surface area (Å²) in [4.78, 5) is 49.2. The summed E-state index contributed by atoms with van der Waals surface area (Å²) in [6, 6.07) is 8.12. The first-order valence-electron chi connectivity index (χ1n) is 14.9. The first kappa shape index (κ1) is 27.9. The van der Waals surface area contributed by atoms with Crippen molar-refractivity contribution in [2.24, 2.45) is 34.5 Å². The van der Waals surface area contributed by atoms with E-state index in [0.717, 1.165) is 56.9 Å². The largest absolute Gasteiger partial charge is 0.480 e. The third-order valence-electron chi connectivity index (χ3n) is 11.1. The first-order valence-corrected chi connectivity index (χ1v) is 14.9. The first-order chi connectivity index (χ1) is 18.6. The zero-order chi connectivity index (χ0) is 27.8. The summed E-state index contributed by atoms with van der Waals surface area (Å²) >= 11 is 0. The number of ketones is 1. The normalized spacial score (nSPS) is 36.2. The van der Waals surface area contributed by atoms with Crippen LogP contribution in [0.3, 0.4) is 0 Å². The Labute approximate surface area is 231 Å². The Morgan fingerprint density at radius 1 is 0.974 bits per heavy atom. The van der Waals surface area contributed by atoms with Crippen LogP contribution in [-0.4, -0.2) is 40.9 Å². The number of hydrogen-bond acceptors (Lipinski definition) is 5. The molecule has 7 heteroatoms. The second kappa shape index (κ2) is 11.1. The van der Waals surface area contributed by atoms with Crippen molar-refractivity contribution >= 4 is 23.6 Å². The van der Waals surface area contributed by atoms with Crippen molar-refractivity contribution in [2.75, 3.05) is 0 Å². The highest BCUT2D eigenvalue weighted by atomic mass is 16.5. The summed E-state index contributed by atoms with van der Waals surface area (Å²) in [5, 5.41) is 12.1. The zero-order valence-corrected chi connectivity index (χ0v) is 23.3. The van der Waals surface area contributed by atoms with E-state index < -0.39 is 17.9 Å². The molecule has 0 spiro atoms. The Hall–Kier alpha value is -2.70. The second-order valence-corrected chi connectivity index (χ2v) is 13.1. The van der Waals surface area contributed by atoms with Crippen molar-refractivity contribution in [3.8, 4) is 0 Å². The summed E-state index contributed by atoms with van der Waals surface area (Å²) in [7, 11) is 0. The lowest BCUT2D eigenvalue weighted by atomic mass is 9.45. The van der Waals surface area contributed by atoms with E-state index in [2.05, 4.69) is 19.2 Å². The molecule has 4 fully saturated rings. The maximum Gasteiger partial charge on any atom is 0.326 e. The van der Waals surface area contributed by atoms with Crippen LogP contribution >= 0.6 is 0 Å². The maximum atomic E-state index is 12.8. The van der Waals surface area contributed by atoms with Crippen molar-refractivity contribution in [2.45, 2.75) is 103 Å².